The molecule has 0 aromatic heterocycles. The van der Waals surface area contributed by atoms with Gasteiger partial charge in [0.1, 0.15) is 11.6 Å². The Morgan fingerprint density at radius 3 is 2.72 bits per heavy atom. The third-order valence-corrected chi connectivity index (χ3v) is 3.90. The van der Waals surface area contributed by atoms with Gasteiger partial charge in [0.15, 0.2) is 0 Å². The van der Waals surface area contributed by atoms with Gasteiger partial charge in [-0.2, -0.15) is 5.26 Å². The number of unbranched alkanes of at least 4 members (excludes halogenated alkanes) is 2. The summed E-state index contributed by atoms with van der Waals surface area (Å²) >= 11 is 3.41. The summed E-state index contributed by atoms with van der Waals surface area (Å²) in [4.78, 5) is 22.3. The lowest BCUT2D eigenvalue weighted by molar-refractivity contribution is -0.137. The fraction of sp³-hybridized carbons (Fsp3) is 0.389. The lowest BCUT2D eigenvalue weighted by Crippen LogP contribution is -2.27. The van der Waals surface area contributed by atoms with Gasteiger partial charge in [-0.1, -0.05) is 34.5 Å². The molecule has 134 valence electrons. The second-order valence-electron chi connectivity index (χ2n) is 5.46. The summed E-state index contributed by atoms with van der Waals surface area (Å²) in [5, 5.41) is 23.2. The minimum atomic E-state index is -0.812. The first-order valence-corrected chi connectivity index (χ1v) is 8.90. The Hall–Kier alpha value is -2.33. The Kier molecular flexibility index (Phi) is 10.0. The summed E-state index contributed by atoms with van der Waals surface area (Å²) < 4.78 is 1.01. The third kappa shape index (κ3) is 9.52. The van der Waals surface area contributed by atoms with Crippen LogP contribution < -0.4 is 10.6 Å². The van der Waals surface area contributed by atoms with Crippen LogP contribution in [0.2, 0.25) is 0 Å². The molecule has 7 heteroatoms. The maximum Gasteiger partial charge on any atom is 0.303 e. The van der Waals surface area contributed by atoms with Gasteiger partial charge in [-0.05, 0) is 37.0 Å². The van der Waals surface area contributed by atoms with Gasteiger partial charge < -0.3 is 15.7 Å². The van der Waals surface area contributed by atoms with E-state index in [4.69, 9.17) is 10.4 Å². The van der Waals surface area contributed by atoms with Gasteiger partial charge in [0.25, 0.3) is 5.91 Å². The molecule has 0 aliphatic rings. The fourth-order valence-corrected chi connectivity index (χ4v) is 2.55. The summed E-state index contributed by atoms with van der Waals surface area (Å²) in [5.74, 6) is -1.23. The number of halogens is 1. The minimum absolute atomic E-state index is 0.0276. The van der Waals surface area contributed by atoms with Crippen LogP contribution in [0.5, 0.6) is 0 Å². The van der Waals surface area contributed by atoms with Crippen molar-refractivity contribution in [1.82, 2.24) is 10.6 Å². The van der Waals surface area contributed by atoms with E-state index < -0.39 is 11.9 Å². The van der Waals surface area contributed by atoms with Gasteiger partial charge in [-0.15, -0.1) is 0 Å². The number of hydrogen-bond acceptors (Lipinski definition) is 4. The van der Waals surface area contributed by atoms with Crippen LogP contribution in [0.1, 0.15) is 31.2 Å². The van der Waals surface area contributed by atoms with Gasteiger partial charge >= 0.3 is 5.97 Å². The number of carbonyl (C=O) groups excluding carboxylic acids is 1. The minimum Gasteiger partial charge on any atom is -0.481 e. The highest BCUT2D eigenvalue weighted by Crippen LogP contribution is 2.11. The fourth-order valence-electron chi connectivity index (χ4n) is 2.11. The molecule has 0 heterocycles. The molecule has 1 aromatic carbocycles. The van der Waals surface area contributed by atoms with Crippen LogP contribution in [-0.4, -0.2) is 30.1 Å². The maximum absolute atomic E-state index is 11.9. The zero-order valence-corrected chi connectivity index (χ0v) is 15.5. The molecular formula is C18H22BrN3O3. The first-order valence-electron chi connectivity index (χ1n) is 8.11. The standard InChI is InChI=1S/C18H22BrN3O3/c19-16-6-4-5-14(11-16)8-10-21-13-15(12-20)18(25)22-9-3-1-2-7-17(23)24/h4-6,11,13,21H,1-3,7-10H2,(H,22,25)(H,23,24)/b15-13-. The van der Waals surface area contributed by atoms with Crippen molar-refractivity contribution in [3.05, 3.63) is 46.1 Å². The smallest absolute Gasteiger partial charge is 0.303 e. The zero-order chi connectivity index (χ0) is 18.5. The van der Waals surface area contributed by atoms with E-state index in [1.165, 1.54) is 6.20 Å². The van der Waals surface area contributed by atoms with Gasteiger partial charge in [-0.3, -0.25) is 9.59 Å². The van der Waals surface area contributed by atoms with Gasteiger partial charge in [0.2, 0.25) is 0 Å². The third-order valence-electron chi connectivity index (χ3n) is 3.41. The highest BCUT2D eigenvalue weighted by molar-refractivity contribution is 9.10. The van der Waals surface area contributed by atoms with Crippen molar-refractivity contribution in [1.29, 1.82) is 5.26 Å². The average molecular weight is 408 g/mol. The molecule has 0 spiro atoms. The molecule has 3 N–H and O–H groups in total. The Morgan fingerprint density at radius 2 is 2.04 bits per heavy atom. The number of carboxylic acids is 1. The predicted molar refractivity (Wildman–Crippen MR) is 98.7 cm³/mol. The second kappa shape index (κ2) is 12.1. The molecule has 6 nitrogen and oxygen atoms in total. The predicted octanol–water partition coefficient (Wildman–Crippen LogP) is 2.75. The van der Waals surface area contributed by atoms with Crippen molar-refractivity contribution in [3.8, 4) is 6.07 Å². The van der Waals surface area contributed by atoms with Crippen molar-refractivity contribution in [2.45, 2.75) is 32.1 Å². The van der Waals surface area contributed by atoms with Crippen LogP contribution in [0.15, 0.2) is 40.5 Å². The van der Waals surface area contributed by atoms with Crippen molar-refractivity contribution >= 4 is 27.8 Å². The van der Waals surface area contributed by atoms with Crippen LogP contribution in [0, 0.1) is 11.3 Å². The average Bonchev–Trinajstić information content (AvgIpc) is 2.57. The van der Waals surface area contributed by atoms with Crippen molar-refractivity contribution in [2.24, 2.45) is 0 Å². The van der Waals surface area contributed by atoms with Crippen LogP contribution >= 0.6 is 15.9 Å². The van der Waals surface area contributed by atoms with Crippen molar-refractivity contribution in [2.75, 3.05) is 13.1 Å². The summed E-state index contributed by atoms with van der Waals surface area (Å²) in [7, 11) is 0. The number of aliphatic carboxylic acids is 1. The number of nitrogens with one attached hydrogen (secondary N) is 2. The van der Waals surface area contributed by atoms with Crippen molar-refractivity contribution in [3.63, 3.8) is 0 Å². The first kappa shape index (κ1) is 20.7. The summed E-state index contributed by atoms with van der Waals surface area (Å²) in [6.45, 7) is 1.04. The van der Waals surface area contributed by atoms with Gasteiger partial charge in [-0.25, -0.2) is 0 Å². The molecule has 0 atom stereocenters. The molecule has 0 aliphatic carbocycles. The molecule has 1 amide bonds. The molecular weight excluding hydrogens is 386 g/mol. The van der Waals surface area contributed by atoms with E-state index >= 15 is 0 Å². The lowest BCUT2D eigenvalue weighted by atomic mass is 10.1. The van der Waals surface area contributed by atoms with E-state index in [0.717, 1.165) is 22.9 Å². The number of rotatable bonds is 11. The van der Waals surface area contributed by atoms with E-state index in [-0.39, 0.29) is 12.0 Å². The zero-order valence-electron chi connectivity index (χ0n) is 13.9. The highest BCUT2D eigenvalue weighted by atomic mass is 79.9. The summed E-state index contributed by atoms with van der Waals surface area (Å²) in [6, 6.07) is 9.82. The van der Waals surface area contributed by atoms with Crippen LogP contribution in [-0.2, 0) is 16.0 Å². The lowest BCUT2D eigenvalue weighted by Gasteiger charge is -2.05. The molecule has 0 radical (unpaired) electrons. The molecule has 0 saturated carbocycles. The number of carboxylic acid groups (broad SMARTS) is 1. The highest BCUT2D eigenvalue weighted by Gasteiger charge is 2.07. The van der Waals surface area contributed by atoms with Crippen LogP contribution in [0.3, 0.4) is 0 Å². The molecule has 1 aromatic rings. The largest absolute Gasteiger partial charge is 0.481 e. The maximum atomic E-state index is 11.9. The Bertz CT molecular complexity index is 653. The Labute approximate surface area is 156 Å². The molecule has 1 rings (SSSR count). The molecule has 25 heavy (non-hydrogen) atoms. The SMILES string of the molecule is N#C/C(=C/NCCc1cccc(Br)c1)C(=O)NCCCCCC(=O)O. The second-order valence-corrected chi connectivity index (χ2v) is 6.38. The molecule has 0 saturated heterocycles. The Morgan fingerprint density at radius 1 is 1.24 bits per heavy atom. The Balaban J connectivity index is 2.26. The van der Waals surface area contributed by atoms with Gasteiger partial charge in [0, 0.05) is 30.2 Å². The number of carbonyl (C=O) groups is 2. The van der Waals surface area contributed by atoms with Crippen molar-refractivity contribution < 1.29 is 14.7 Å². The number of nitrogens with zero attached hydrogens (tertiary/aromatic N) is 1. The summed E-state index contributed by atoms with van der Waals surface area (Å²) in [5.41, 5.74) is 1.18. The number of benzene rings is 1. The normalized spacial score (nSPS) is 10.8. The quantitative estimate of drug-likeness (QED) is 0.297. The summed E-state index contributed by atoms with van der Waals surface area (Å²) in [6.07, 6.45) is 4.34. The number of nitriles is 1. The van der Waals surface area contributed by atoms with Gasteiger partial charge in [0.05, 0.1) is 0 Å². The van der Waals surface area contributed by atoms with E-state index in [1.807, 2.05) is 30.3 Å². The van der Waals surface area contributed by atoms with E-state index in [1.54, 1.807) is 0 Å². The molecule has 0 bridgehead atoms. The first-order chi connectivity index (χ1) is 12.0. The molecule has 0 aliphatic heterocycles. The topological polar surface area (TPSA) is 102 Å². The van der Waals surface area contributed by atoms with Crippen LogP contribution in [0.25, 0.3) is 0 Å². The van der Waals surface area contributed by atoms with Crippen LogP contribution in [0.4, 0.5) is 0 Å². The van der Waals surface area contributed by atoms with E-state index in [9.17, 15) is 9.59 Å². The molecule has 0 unspecified atom stereocenters. The number of hydrogen-bond donors (Lipinski definition) is 3. The molecule has 0 fully saturated rings. The number of amides is 1. The van der Waals surface area contributed by atoms with E-state index in [2.05, 4.69) is 26.6 Å². The van der Waals surface area contributed by atoms with E-state index in [0.29, 0.717) is 25.9 Å². The monoisotopic (exact) mass is 407 g/mol.